The Labute approximate surface area is 213 Å². The van der Waals surface area contributed by atoms with Crippen molar-refractivity contribution >= 4 is 53.3 Å². The molecule has 0 aliphatic heterocycles. The number of aryl methyl sites for hydroxylation is 1. The lowest BCUT2D eigenvalue weighted by Gasteiger charge is -2.06. The molecule has 0 saturated heterocycles. The number of thiazole rings is 1. The number of benzene rings is 3. The average molecular weight is 520 g/mol. The minimum atomic E-state index is -3.64. The van der Waals surface area contributed by atoms with E-state index in [-0.39, 0.29) is 23.1 Å². The summed E-state index contributed by atoms with van der Waals surface area (Å²) >= 11 is 1.36. The zero-order chi connectivity index (χ0) is 25.3. The molecule has 0 aliphatic carbocycles. The maximum absolute atomic E-state index is 13.4. The first-order valence-corrected chi connectivity index (χ1v) is 14.0. The number of rotatable bonds is 8. The molecule has 0 spiro atoms. The van der Waals surface area contributed by atoms with Crippen molar-refractivity contribution in [1.29, 1.82) is 0 Å². The third-order valence-corrected chi connectivity index (χ3v) is 8.55. The van der Waals surface area contributed by atoms with Crippen LogP contribution in [0.25, 0.3) is 21.1 Å². The molecule has 0 saturated carbocycles. The second-order valence-corrected chi connectivity index (χ2v) is 11.4. The van der Waals surface area contributed by atoms with Gasteiger partial charge in [0.15, 0.2) is 15.0 Å². The van der Waals surface area contributed by atoms with E-state index >= 15 is 0 Å². The fraction of sp³-hybridized carbons (Fsp3) is 0.185. The Balaban J connectivity index is 1.40. The van der Waals surface area contributed by atoms with Crippen LogP contribution in [0.1, 0.15) is 18.1 Å². The molecule has 1 amide bonds. The number of hydrogen-bond acceptors (Lipinski definition) is 6. The molecule has 2 heterocycles. The largest absolute Gasteiger partial charge is 0.494 e. The van der Waals surface area contributed by atoms with E-state index in [9.17, 15) is 13.2 Å². The molecule has 1 N–H and O–H groups in total. The van der Waals surface area contributed by atoms with Gasteiger partial charge in [-0.15, -0.1) is 0 Å². The molecule has 5 rings (SSSR count). The first kappa shape index (κ1) is 24.0. The summed E-state index contributed by atoms with van der Waals surface area (Å²) in [4.78, 5) is 17.6. The van der Waals surface area contributed by atoms with Crippen LogP contribution in [0.3, 0.4) is 0 Å². The highest BCUT2D eigenvalue weighted by atomic mass is 32.2. The Morgan fingerprint density at radius 1 is 1.08 bits per heavy atom. The Kier molecular flexibility index (Phi) is 6.51. The lowest BCUT2D eigenvalue weighted by molar-refractivity contribution is -0.116. The molecular weight excluding hydrogens is 494 g/mol. The van der Waals surface area contributed by atoms with Crippen LogP contribution < -0.4 is 10.1 Å². The van der Waals surface area contributed by atoms with E-state index in [1.54, 1.807) is 22.9 Å². The fourth-order valence-electron chi connectivity index (χ4n) is 4.17. The highest BCUT2D eigenvalue weighted by Gasteiger charge is 2.23. The Morgan fingerprint density at radius 3 is 2.67 bits per heavy atom. The summed E-state index contributed by atoms with van der Waals surface area (Å²) in [6, 6.07) is 20.3. The van der Waals surface area contributed by atoms with Crippen molar-refractivity contribution in [1.82, 2.24) is 9.55 Å². The standard InChI is InChI=1S/C27H25N3O4S2/c1-3-34-20-12-13-22-24(14-20)35-27(28-22)29-26(31)16-30-15-25(21-10-6-7-11-23(21)30)36(32,33)17-19-9-5-4-8-18(19)2/h4-15H,3,16-17H2,1-2H3,(H,28,29,31). The van der Waals surface area contributed by atoms with Crippen LogP contribution in [-0.2, 0) is 26.9 Å². The molecule has 36 heavy (non-hydrogen) atoms. The van der Waals surface area contributed by atoms with E-state index < -0.39 is 9.84 Å². The number of amides is 1. The van der Waals surface area contributed by atoms with E-state index in [4.69, 9.17) is 4.74 Å². The maximum Gasteiger partial charge on any atom is 0.246 e. The van der Waals surface area contributed by atoms with Gasteiger partial charge < -0.3 is 14.6 Å². The van der Waals surface area contributed by atoms with Crippen LogP contribution >= 0.6 is 11.3 Å². The van der Waals surface area contributed by atoms with Crippen molar-refractivity contribution < 1.29 is 17.9 Å². The third-order valence-electron chi connectivity index (χ3n) is 5.93. The van der Waals surface area contributed by atoms with E-state index in [2.05, 4.69) is 10.3 Å². The molecule has 7 nitrogen and oxygen atoms in total. The number of aromatic nitrogens is 2. The van der Waals surface area contributed by atoms with Crippen LogP contribution in [-0.4, -0.2) is 30.5 Å². The van der Waals surface area contributed by atoms with Crippen molar-refractivity contribution in [2.45, 2.75) is 31.0 Å². The lowest BCUT2D eigenvalue weighted by atomic mass is 10.1. The number of carbonyl (C=O) groups excluding carboxylic acids is 1. The Bertz CT molecular complexity index is 1690. The van der Waals surface area contributed by atoms with Crippen LogP contribution in [0.5, 0.6) is 5.75 Å². The van der Waals surface area contributed by atoms with Gasteiger partial charge >= 0.3 is 0 Å². The van der Waals surface area contributed by atoms with Gasteiger partial charge in [0, 0.05) is 17.1 Å². The van der Waals surface area contributed by atoms with Gasteiger partial charge in [0.05, 0.1) is 27.5 Å². The van der Waals surface area contributed by atoms with E-state index in [1.165, 1.54) is 11.3 Å². The van der Waals surface area contributed by atoms with Crippen LogP contribution in [0.2, 0.25) is 0 Å². The molecule has 184 valence electrons. The molecule has 0 fully saturated rings. The molecule has 0 radical (unpaired) electrons. The molecule has 2 aromatic heterocycles. The maximum atomic E-state index is 13.4. The van der Waals surface area contributed by atoms with Crippen molar-refractivity contribution in [3.05, 3.63) is 84.1 Å². The smallest absolute Gasteiger partial charge is 0.246 e. The molecule has 9 heteroatoms. The van der Waals surface area contributed by atoms with Crippen molar-refractivity contribution in [2.75, 3.05) is 11.9 Å². The SMILES string of the molecule is CCOc1ccc2nc(NC(=O)Cn3cc(S(=O)(=O)Cc4ccccc4C)c4ccccc43)sc2c1. The minimum absolute atomic E-state index is 0.0412. The average Bonchev–Trinajstić information content (AvgIpc) is 3.42. The number of anilines is 1. The lowest BCUT2D eigenvalue weighted by Crippen LogP contribution is -2.18. The number of para-hydroxylation sites is 1. The summed E-state index contributed by atoms with van der Waals surface area (Å²) in [6.07, 6.45) is 1.56. The minimum Gasteiger partial charge on any atom is -0.494 e. The van der Waals surface area contributed by atoms with Crippen LogP contribution in [0, 0.1) is 6.92 Å². The normalized spacial score (nSPS) is 11.7. The molecule has 0 unspecified atom stereocenters. The van der Waals surface area contributed by atoms with Gasteiger partial charge in [0.2, 0.25) is 5.91 Å². The number of nitrogens with zero attached hydrogens (tertiary/aromatic N) is 2. The predicted octanol–water partition coefficient (Wildman–Crippen LogP) is 5.57. The number of carbonyl (C=O) groups is 1. The van der Waals surface area contributed by atoms with Gasteiger partial charge in [-0.2, -0.15) is 0 Å². The van der Waals surface area contributed by atoms with Crippen molar-refractivity contribution in [2.24, 2.45) is 0 Å². The summed E-state index contributed by atoms with van der Waals surface area (Å²) in [5.74, 6) is 0.363. The predicted molar refractivity (Wildman–Crippen MR) is 143 cm³/mol. The van der Waals surface area contributed by atoms with Gasteiger partial charge in [-0.05, 0) is 49.2 Å². The quantitative estimate of drug-likeness (QED) is 0.289. The van der Waals surface area contributed by atoms with Crippen LogP contribution in [0.4, 0.5) is 5.13 Å². The zero-order valence-electron chi connectivity index (χ0n) is 19.9. The van der Waals surface area contributed by atoms with Gasteiger partial charge in [-0.3, -0.25) is 4.79 Å². The summed E-state index contributed by atoms with van der Waals surface area (Å²) < 4.78 is 34.9. The summed E-state index contributed by atoms with van der Waals surface area (Å²) in [5.41, 5.74) is 3.14. The van der Waals surface area contributed by atoms with Gasteiger partial charge in [0.1, 0.15) is 12.3 Å². The van der Waals surface area contributed by atoms with Gasteiger partial charge in [-0.25, -0.2) is 13.4 Å². The van der Waals surface area contributed by atoms with E-state index in [0.29, 0.717) is 22.6 Å². The third kappa shape index (κ3) is 4.84. The van der Waals surface area contributed by atoms with E-state index in [1.807, 2.05) is 68.4 Å². The summed E-state index contributed by atoms with van der Waals surface area (Å²) in [6.45, 7) is 4.35. The zero-order valence-corrected chi connectivity index (χ0v) is 21.5. The monoisotopic (exact) mass is 519 g/mol. The second-order valence-electron chi connectivity index (χ2n) is 8.45. The van der Waals surface area contributed by atoms with Crippen molar-refractivity contribution in [3.8, 4) is 5.75 Å². The molecule has 5 aromatic rings. The number of sulfone groups is 1. The molecular formula is C27H25N3O4S2. The van der Waals surface area contributed by atoms with Gasteiger partial charge in [-0.1, -0.05) is 53.8 Å². The van der Waals surface area contributed by atoms with Crippen LogP contribution in [0.15, 0.2) is 77.8 Å². The first-order valence-electron chi connectivity index (χ1n) is 11.5. The topological polar surface area (TPSA) is 90.3 Å². The molecule has 0 aliphatic rings. The Hall–Kier alpha value is -3.69. The van der Waals surface area contributed by atoms with Gasteiger partial charge in [0.25, 0.3) is 0 Å². The molecule has 0 atom stereocenters. The highest BCUT2D eigenvalue weighted by Crippen LogP contribution is 2.31. The first-order chi connectivity index (χ1) is 17.3. The number of ether oxygens (including phenoxy) is 1. The Morgan fingerprint density at radius 2 is 1.86 bits per heavy atom. The summed E-state index contributed by atoms with van der Waals surface area (Å²) in [7, 11) is -3.64. The summed E-state index contributed by atoms with van der Waals surface area (Å²) in [5, 5.41) is 3.93. The number of nitrogens with one attached hydrogen (secondary N) is 1. The fourth-order valence-corrected chi connectivity index (χ4v) is 6.77. The number of hydrogen-bond donors (Lipinski definition) is 1. The number of fused-ring (bicyclic) bond motifs is 2. The van der Waals surface area contributed by atoms with E-state index in [0.717, 1.165) is 27.1 Å². The molecule has 3 aromatic carbocycles. The highest BCUT2D eigenvalue weighted by molar-refractivity contribution is 7.90. The molecule has 0 bridgehead atoms. The second kappa shape index (κ2) is 9.75. The van der Waals surface area contributed by atoms with Crippen molar-refractivity contribution in [3.63, 3.8) is 0 Å².